The van der Waals surface area contributed by atoms with Gasteiger partial charge in [0.05, 0.1) is 13.2 Å². The molecule has 1 aromatic carbocycles. The van der Waals surface area contributed by atoms with Crippen LogP contribution in [0.3, 0.4) is 0 Å². The smallest absolute Gasteiger partial charge is 0.251 e. The lowest BCUT2D eigenvalue weighted by molar-refractivity contribution is -0.145. The van der Waals surface area contributed by atoms with Gasteiger partial charge in [0.2, 0.25) is 11.9 Å². The molecule has 4 rings (SSSR count). The fourth-order valence-electron chi connectivity index (χ4n) is 5.18. The predicted octanol–water partition coefficient (Wildman–Crippen LogP) is 2.42. The van der Waals surface area contributed by atoms with Crippen LogP contribution in [-0.2, 0) is 16.1 Å². The van der Waals surface area contributed by atoms with Gasteiger partial charge < -0.3 is 24.7 Å². The summed E-state index contributed by atoms with van der Waals surface area (Å²) in [5.41, 5.74) is 1.66. The first-order chi connectivity index (χ1) is 16.5. The summed E-state index contributed by atoms with van der Waals surface area (Å²) in [5.74, 6) is 0.913. The number of para-hydroxylation sites is 1. The highest BCUT2D eigenvalue weighted by atomic mass is 16.5. The second-order valence-electron chi connectivity index (χ2n) is 9.40. The molecule has 3 aliphatic rings. The van der Waals surface area contributed by atoms with Crippen LogP contribution in [-0.4, -0.2) is 69.3 Å². The van der Waals surface area contributed by atoms with Crippen LogP contribution < -0.4 is 10.1 Å². The van der Waals surface area contributed by atoms with Crippen molar-refractivity contribution < 1.29 is 24.5 Å². The van der Waals surface area contributed by atoms with Crippen molar-refractivity contribution in [1.29, 1.82) is 0 Å². The van der Waals surface area contributed by atoms with Gasteiger partial charge in [-0.2, -0.15) is 0 Å². The van der Waals surface area contributed by atoms with E-state index in [4.69, 9.17) is 4.74 Å². The van der Waals surface area contributed by atoms with Crippen molar-refractivity contribution in [3.05, 3.63) is 23.8 Å². The van der Waals surface area contributed by atoms with E-state index in [0.29, 0.717) is 37.0 Å². The van der Waals surface area contributed by atoms with Crippen molar-refractivity contribution in [3.8, 4) is 5.75 Å². The summed E-state index contributed by atoms with van der Waals surface area (Å²) in [4.78, 5) is 32.8. The third-order valence-electron chi connectivity index (χ3n) is 6.95. The minimum absolute atomic E-state index is 0.0418. The van der Waals surface area contributed by atoms with Crippen molar-refractivity contribution in [2.24, 2.45) is 4.99 Å². The van der Waals surface area contributed by atoms with Gasteiger partial charge in [0.25, 0.3) is 5.91 Å². The lowest BCUT2D eigenvalue weighted by Crippen LogP contribution is -2.46. The van der Waals surface area contributed by atoms with E-state index < -0.39 is 12.3 Å². The Morgan fingerprint density at radius 2 is 2.06 bits per heavy atom. The Bertz CT molecular complexity index is 913. The van der Waals surface area contributed by atoms with E-state index >= 15 is 0 Å². The van der Waals surface area contributed by atoms with Gasteiger partial charge in [-0.15, -0.1) is 0 Å². The Balaban J connectivity index is 1.24. The van der Waals surface area contributed by atoms with Gasteiger partial charge in [0.1, 0.15) is 23.7 Å². The number of ether oxygens (including phenoxy) is 1. The molecule has 2 unspecified atom stereocenters. The summed E-state index contributed by atoms with van der Waals surface area (Å²) < 4.78 is 6.00. The number of rotatable bonds is 10. The van der Waals surface area contributed by atoms with Gasteiger partial charge in [-0.1, -0.05) is 31.4 Å². The summed E-state index contributed by atoms with van der Waals surface area (Å²) in [7, 11) is 0. The number of aliphatic imine (C=N–C) groups is 1. The van der Waals surface area contributed by atoms with Crippen molar-refractivity contribution in [1.82, 2.24) is 15.1 Å². The molecule has 0 spiro atoms. The molecular formula is C25H36N4O5. The SMILES string of the molecule is CC(O)N(C(=O)CCCCCOc1cccc2c1N=C1NC(=O)C(CO)N1C2)C1CCCCC1. The van der Waals surface area contributed by atoms with Crippen molar-refractivity contribution in [2.45, 2.75) is 89.6 Å². The summed E-state index contributed by atoms with van der Waals surface area (Å²) in [6.07, 6.45) is 7.56. The predicted molar refractivity (Wildman–Crippen MR) is 127 cm³/mol. The highest BCUT2D eigenvalue weighted by Gasteiger charge is 2.39. The van der Waals surface area contributed by atoms with E-state index in [-0.39, 0.29) is 24.5 Å². The third-order valence-corrected chi connectivity index (χ3v) is 6.95. The number of nitrogens with one attached hydrogen (secondary N) is 1. The Kier molecular flexibility index (Phi) is 8.05. The fourth-order valence-corrected chi connectivity index (χ4v) is 5.18. The van der Waals surface area contributed by atoms with Crippen molar-refractivity contribution in [3.63, 3.8) is 0 Å². The van der Waals surface area contributed by atoms with Crippen LogP contribution in [0.25, 0.3) is 0 Å². The lowest BCUT2D eigenvalue weighted by Gasteiger charge is -2.36. The summed E-state index contributed by atoms with van der Waals surface area (Å²) >= 11 is 0. The zero-order chi connectivity index (χ0) is 24.1. The maximum absolute atomic E-state index is 12.7. The maximum Gasteiger partial charge on any atom is 0.251 e. The van der Waals surface area contributed by atoms with Crippen LogP contribution in [0.5, 0.6) is 5.75 Å². The Morgan fingerprint density at radius 1 is 1.26 bits per heavy atom. The molecule has 9 heteroatoms. The number of aliphatic hydroxyl groups is 2. The molecule has 2 fully saturated rings. The standard InChI is InChI=1S/C25H36N4O5/c1-17(31)29(19-10-4-2-5-11-19)22(32)13-6-3-7-14-34-21-12-8-9-18-15-28-20(16-30)24(33)27-25(28)26-23(18)21/h8-9,12,17,19-20,30-31H,2-7,10-11,13-16H2,1H3,(H,26,27,33). The number of hydrogen-bond acceptors (Lipinski definition) is 7. The quantitative estimate of drug-likeness (QED) is 0.356. The molecule has 34 heavy (non-hydrogen) atoms. The average Bonchev–Trinajstić information content (AvgIpc) is 3.14. The molecule has 1 saturated carbocycles. The third kappa shape index (κ3) is 5.36. The fraction of sp³-hybridized carbons (Fsp3) is 0.640. The number of aliphatic hydroxyl groups excluding tert-OH is 2. The Hall–Kier alpha value is -2.65. The maximum atomic E-state index is 12.7. The highest BCUT2D eigenvalue weighted by Crippen LogP contribution is 2.37. The number of guanidine groups is 1. The minimum atomic E-state index is -0.738. The molecule has 2 amide bonds. The van der Waals surface area contributed by atoms with E-state index in [1.54, 1.807) is 16.7 Å². The van der Waals surface area contributed by atoms with Gasteiger partial charge >= 0.3 is 0 Å². The van der Waals surface area contributed by atoms with Gasteiger partial charge in [-0.3, -0.25) is 14.9 Å². The van der Waals surface area contributed by atoms with Gasteiger partial charge in [0.15, 0.2) is 0 Å². The minimum Gasteiger partial charge on any atom is -0.491 e. The average molecular weight is 473 g/mol. The molecule has 1 aliphatic carbocycles. The summed E-state index contributed by atoms with van der Waals surface area (Å²) in [6, 6.07) is 5.28. The highest BCUT2D eigenvalue weighted by molar-refractivity contribution is 6.08. The monoisotopic (exact) mass is 472 g/mol. The van der Waals surface area contributed by atoms with E-state index in [1.165, 1.54) is 6.42 Å². The molecule has 186 valence electrons. The lowest BCUT2D eigenvalue weighted by atomic mass is 9.93. The number of carbonyl (C=O) groups is 2. The molecule has 9 nitrogen and oxygen atoms in total. The second kappa shape index (κ2) is 11.2. The number of fused-ring (bicyclic) bond motifs is 2. The first kappa shape index (κ1) is 24.5. The molecule has 3 N–H and O–H groups in total. The van der Waals surface area contributed by atoms with E-state index in [2.05, 4.69) is 10.3 Å². The Morgan fingerprint density at radius 3 is 2.79 bits per heavy atom. The number of amides is 2. The number of unbranched alkanes of at least 4 members (excludes halogenated alkanes) is 2. The van der Waals surface area contributed by atoms with Crippen LogP contribution in [0.4, 0.5) is 5.69 Å². The number of nitrogens with zero attached hydrogens (tertiary/aromatic N) is 3. The van der Waals surface area contributed by atoms with E-state index in [9.17, 15) is 19.8 Å². The largest absolute Gasteiger partial charge is 0.491 e. The first-order valence-corrected chi connectivity index (χ1v) is 12.5. The van der Waals surface area contributed by atoms with Crippen LogP contribution in [0, 0.1) is 0 Å². The van der Waals surface area contributed by atoms with E-state index in [0.717, 1.165) is 50.5 Å². The zero-order valence-electron chi connectivity index (χ0n) is 19.9. The topological polar surface area (TPSA) is 115 Å². The summed E-state index contributed by atoms with van der Waals surface area (Å²) in [5, 5.41) is 22.4. The van der Waals surface area contributed by atoms with Crippen molar-refractivity contribution >= 4 is 23.5 Å². The van der Waals surface area contributed by atoms with Crippen molar-refractivity contribution in [2.75, 3.05) is 13.2 Å². The summed E-state index contributed by atoms with van der Waals surface area (Å²) in [6.45, 7) is 2.42. The Labute approximate surface area is 200 Å². The number of benzene rings is 1. The number of carbonyl (C=O) groups excluding carboxylic acids is 2. The second-order valence-corrected chi connectivity index (χ2v) is 9.40. The van der Waals surface area contributed by atoms with Crippen LogP contribution in [0.1, 0.15) is 70.3 Å². The molecule has 1 saturated heterocycles. The number of hydrogen-bond donors (Lipinski definition) is 3. The molecule has 2 atom stereocenters. The molecule has 2 heterocycles. The zero-order valence-corrected chi connectivity index (χ0v) is 19.9. The molecular weight excluding hydrogens is 436 g/mol. The molecule has 1 aromatic rings. The molecule has 0 radical (unpaired) electrons. The van der Waals surface area contributed by atoms with Crippen LogP contribution in [0.15, 0.2) is 23.2 Å². The van der Waals surface area contributed by atoms with E-state index in [1.807, 2.05) is 18.2 Å². The van der Waals surface area contributed by atoms with Gasteiger partial charge in [0, 0.05) is 24.6 Å². The van der Waals surface area contributed by atoms with Gasteiger partial charge in [-0.05, 0) is 45.1 Å². The molecule has 2 aliphatic heterocycles. The normalized spacial score (nSPS) is 20.8. The van der Waals surface area contributed by atoms with Crippen LogP contribution >= 0.6 is 0 Å². The van der Waals surface area contributed by atoms with Crippen LogP contribution in [0.2, 0.25) is 0 Å². The molecule has 0 aromatic heterocycles. The van der Waals surface area contributed by atoms with Gasteiger partial charge in [-0.25, -0.2) is 4.99 Å². The first-order valence-electron chi connectivity index (χ1n) is 12.5. The molecule has 0 bridgehead atoms.